The van der Waals surface area contributed by atoms with Gasteiger partial charge >= 0.3 is 0 Å². The molecule has 1 aromatic rings. The fraction of sp³-hybridized carbons (Fsp3) is 0.647. The average molecular weight is 289 g/mol. The molecule has 4 heteroatoms. The lowest BCUT2D eigenvalue weighted by atomic mass is 10.1. The van der Waals surface area contributed by atoms with E-state index in [-0.39, 0.29) is 11.9 Å². The molecule has 116 valence electrons. The molecule has 1 amide bonds. The summed E-state index contributed by atoms with van der Waals surface area (Å²) in [5.74, 6) is 0.155. The highest BCUT2D eigenvalue weighted by atomic mass is 16.1. The molecule has 1 aliphatic rings. The van der Waals surface area contributed by atoms with Crippen molar-refractivity contribution in [3.63, 3.8) is 0 Å². The molecule has 1 aliphatic heterocycles. The molecule has 1 N–H and O–H groups in total. The van der Waals surface area contributed by atoms with Crippen molar-refractivity contribution < 1.29 is 4.79 Å². The largest absolute Gasteiger partial charge is 0.349 e. The van der Waals surface area contributed by atoms with Gasteiger partial charge in [0.2, 0.25) is 5.91 Å². The molecule has 2 rings (SSSR count). The van der Waals surface area contributed by atoms with Gasteiger partial charge in [-0.2, -0.15) is 0 Å². The Bertz CT molecular complexity index is 413. The molecule has 0 bridgehead atoms. The summed E-state index contributed by atoms with van der Waals surface area (Å²) < 4.78 is 0. The Labute approximate surface area is 127 Å². The van der Waals surface area contributed by atoms with E-state index in [1.54, 1.807) is 12.4 Å². The minimum atomic E-state index is 0.102. The van der Waals surface area contributed by atoms with E-state index in [1.807, 2.05) is 12.1 Å². The van der Waals surface area contributed by atoms with Crippen LogP contribution >= 0.6 is 0 Å². The molecule has 1 saturated heterocycles. The molecule has 0 aliphatic carbocycles. The third-order valence-corrected chi connectivity index (χ3v) is 4.21. The monoisotopic (exact) mass is 289 g/mol. The molecule has 1 aromatic heterocycles. The fourth-order valence-electron chi connectivity index (χ4n) is 2.90. The average Bonchev–Trinajstić information content (AvgIpc) is 2.80. The summed E-state index contributed by atoms with van der Waals surface area (Å²) in [5.41, 5.74) is 1.13. The highest BCUT2D eigenvalue weighted by Crippen LogP contribution is 2.15. The topological polar surface area (TPSA) is 45.2 Å². The van der Waals surface area contributed by atoms with Crippen molar-refractivity contribution in [3.8, 4) is 0 Å². The van der Waals surface area contributed by atoms with Crippen LogP contribution in [0.25, 0.3) is 0 Å². The Balaban J connectivity index is 1.77. The summed E-state index contributed by atoms with van der Waals surface area (Å²) in [5, 5.41) is 3.14. The van der Waals surface area contributed by atoms with Crippen molar-refractivity contribution in [2.75, 3.05) is 19.6 Å². The molecule has 0 radical (unpaired) electrons. The highest BCUT2D eigenvalue weighted by molar-refractivity contribution is 5.76. The Kier molecular flexibility index (Phi) is 6.67. The molecule has 0 saturated carbocycles. The normalized spacial score (nSPS) is 18.0. The predicted octanol–water partition coefficient (Wildman–Crippen LogP) is 2.92. The van der Waals surface area contributed by atoms with Crippen LogP contribution in [-0.4, -0.2) is 35.4 Å². The van der Waals surface area contributed by atoms with Crippen LogP contribution in [0.1, 0.15) is 57.1 Å². The quantitative estimate of drug-likeness (QED) is 0.876. The lowest BCUT2D eigenvalue weighted by Crippen LogP contribution is -2.33. The van der Waals surface area contributed by atoms with Gasteiger partial charge in [-0.3, -0.25) is 9.78 Å². The van der Waals surface area contributed by atoms with Gasteiger partial charge in [0.05, 0.1) is 6.04 Å². The number of amides is 1. The van der Waals surface area contributed by atoms with Gasteiger partial charge in [0, 0.05) is 25.4 Å². The first-order chi connectivity index (χ1) is 10.3. The van der Waals surface area contributed by atoms with E-state index in [9.17, 15) is 4.79 Å². The lowest BCUT2D eigenvalue weighted by molar-refractivity contribution is -0.122. The number of pyridine rings is 1. The minimum absolute atomic E-state index is 0.102. The minimum Gasteiger partial charge on any atom is -0.349 e. The zero-order valence-corrected chi connectivity index (χ0v) is 13.1. The Hall–Kier alpha value is -1.42. The van der Waals surface area contributed by atoms with E-state index >= 15 is 0 Å². The summed E-state index contributed by atoms with van der Waals surface area (Å²) in [4.78, 5) is 18.6. The first-order valence-corrected chi connectivity index (χ1v) is 8.21. The smallest absolute Gasteiger partial charge is 0.221 e. The standard InChI is InChI=1S/C17H27N3O/c1-2-16(15-7-10-18-11-8-15)19-17(21)9-14-20-12-5-3-4-6-13-20/h7-8,10-11,16H,2-6,9,12-14H2,1H3,(H,19,21). The van der Waals surface area contributed by atoms with Crippen LogP contribution in [0.4, 0.5) is 0 Å². The summed E-state index contributed by atoms with van der Waals surface area (Å²) in [6.45, 7) is 5.28. The summed E-state index contributed by atoms with van der Waals surface area (Å²) in [7, 11) is 0. The summed E-state index contributed by atoms with van der Waals surface area (Å²) in [6, 6.07) is 4.05. The predicted molar refractivity (Wildman–Crippen MR) is 84.9 cm³/mol. The second-order valence-electron chi connectivity index (χ2n) is 5.81. The molecule has 1 atom stereocenters. The molecule has 21 heavy (non-hydrogen) atoms. The molecule has 0 spiro atoms. The molecule has 4 nitrogen and oxygen atoms in total. The molecule has 2 heterocycles. The Morgan fingerprint density at radius 3 is 2.52 bits per heavy atom. The number of hydrogen-bond acceptors (Lipinski definition) is 3. The van der Waals surface area contributed by atoms with Crippen LogP contribution < -0.4 is 5.32 Å². The van der Waals surface area contributed by atoms with Crippen LogP contribution in [-0.2, 0) is 4.79 Å². The Morgan fingerprint density at radius 1 is 1.24 bits per heavy atom. The molecular weight excluding hydrogens is 262 g/mol. The lowest BCUT2D eigenvalue weighted by Gasteiger charge is -2.21. The number of hydrogen-bond donors (Lipinski definition) is 1. The van der Waals surface area contributed by atoms with E-state index < -0.39 is 0 Å². The second-order valence-corrected chi connectivity index (χ2v) is 5.81. The van der Waals surface area contributed by atoms with Gasteiger partial charge < -0.3 is 10.2 Å². The van der Waals surface area contributed by atoms with Crippen LogP contribution in [0.15, 0.2) is 24.5 Å². The van der Waals surface area contributed by atoms with Gasteiger partial charge in [-0.05, 0) is 50.0 Å². The maximum atomic E-state index is 12.2. The van der Waals surface area contributed by atoms with Crippen molar-refractivity contribution in [1.29, 1.82) is 0 Å². The van der Waals surface area contributed by atoms with Crippen LogP contribution in [0.3, 0.4) is 0 Å². The summed E-state index contributed by atoms with van der Waals surface area (Å²) in [6.07, 6.45) is 10.3. The van der Waals surface area contributed by atoms with Crippen molar-refractivity contribution in [3.05, 3.63) is 30.1 Å². The number of nitrogens with zero attached hydrogens (tertiary/aromatic N) is 2. The van der Waals surface area contributed by atoms with E-state index in [2.05, 4.69) is 22.1 Å². The van der Waals surface area contributed by atoms with Crippen molar-refractivity contribution in [2.45, 2.75) is 51.5 Å². The molecule has 0 aromatic carbocycles. The first kappa shape index (κ1) is 16.0. The molecule has 1 unspecified atom stereocenters. The van der Waals surface area contributed by atoms with Crippen LogP contribution in [0.2, 0.25) is 0 Å². The van der Waals surface area contributed by atoms with Gasteiger partial charge in [0.25, 0.3) is 0 Å². The van der Waals surface area contributed by atoms with Crippen molar-refractivity contribution in [2.24, 2.45) is 0 Å². The van der Waals surface area contributed by atoms with Crippen molar-refractivity contribution >= 4 is 5.91 Å². The van der Waals surface area contributed by atoms with Gasteiger partial charge in [-0.1, -0.05) is 19.8 Å². The van der Waals surface area contributed by atoms with Gasteiger partial charge in [-0.25, -0.2) is 0 Å². The number of aromatic nitrogens is 1. The SMILES string of the molecule is CCC(NC(=O)CCN1CCCCCC1)c1ccncc1. The van der Waals surface area contributed by atoms with Gasteiger partial charge in [0.15, 0.2) is 0 Å². The van der Waals surface area contributed by atoms with Crippen LogP contribution in [0.5, 0.6) is 0 Å². The van der Waals surface area contributed by atoms with Crippen LogP contribution in [0, 0.1) is 0 Å². The second kappa shape index (κ2) is 8.78. The Morgan fingerprint density at radius 2 is 1.90 bits per heavy atom. The van der Waals surface area contributed by atoms with Crippen molar-refractivity contribution in [1.82, 2.24) is 15.2 Å². The van der Waals surface area contributed by atoms with E-state index in [1.165, 1.54) is 25.7 Å². The number of carbonyl (C=O) groups is 1. The zero-order valence-electron chi connectivity index (χ0n) is 13.1. The number of carbonyl (C=O) groups excluding carboxylic acids is 1. The van der Waals surface area contributed by atoms with Gasteiger partial charge in [-0.15, -0.1) is 0 Å². The summed E-state index contributed by atoms with van der Waals surface area (Å²) >= 11 is 0. The maximum Gasteiger partial charge on any atom is 0.221 e. The van der Waals surface area contributed by atoms with Gasteiger partial charge in [0.1, 0.15) is 0 Å². The first-order valence-electron chi connectivity index (χ1n) is 8.21. The maximum absolute atomic E-state index is 12.2. The van der Waals surface area contributed by atoms with E-state index in [0.29, 0.717) is 6.42 Å². The third kappa shape index (κ3) is 5.46. The zero-order chi connectivity index (χ0) is 14.9. The molecular formula is C17H27N3O. The number of rotatable bonds is 6. The number of likely N-dealkylation sites (tertiary alicyclic amines) is 1. The highest BCUT2D eigenvalue weighted by Gasteiger charge is 2.14. The van der Waals surface area contributed by atoms with E-state index in [4.69, 9.17) is 0 Å². The van der Waals surface area contributed by atoms with E-state index in [0.717, 1.165) is 31.6 Å². The molecule has 1 fully saturated rings. The number of nitrogens with one attached hydrogen (secondary N) is 1. The fourth-order valence-corrected chi connectivity index (χ4v) is 2.90. The third-order valence-electron chi connectivity index (χ3n) is 4.21.